The molecular formula is C13H10O. The summed E-state index contributed by atoms with van der Waals surface area (Å²) in [6, 6.07) is 8.20. The maximum absolute atomic E-state index is 11.7. The summed E-state index contributed by atoms with van der Waals surface area (Å²) >= 11 is 0. The van der Waals surface area contributed by atoms with E-state index in [9.17, 15) is 4.79 Å². The Morgan fingerprint density at radius 2 is 1.71 bits per heavy atom. The molecule has 14 heavy (non-hydrogen) atoms. The minimum absolute atomic E-state index is 0.0406. The maximum atomic E-state index is 11.7. The summed E-state index contributed by atoms with van der Waals surface area (Å²) in [5, 5.41) is 0. The number of benzene rings is 1. The van der Waals surface area contributed by atoms with Crippen LogP contribution >= 0.6 is 0 Å². The van der Waals surface area contributed by atoms with Gasteiger partial charge in [0.1, 0.15) is 0 Å². The average Bonchev–Trinajstić information content (AvgIpc) is 2.49. The Morgan fingerprint density at radius 1 is 0.929 bits per heavy atom. The fourth-order valence-electron chi connectivity index (χ4n) is 2.25. The second kappa shape index (κ2) is 2.68. The number of allylic oxidation sites excluding steroid dienone is 4. The van der Waals surface area contributed by atoms with Gasteiger partial charge in [0.2, 0.25) is 0 Å². The Balaban J connectivity index is 2.29. The van der Waals surface area contributed by atoms with Crippen molar-refractivity contribution in [3.63, 3.8) is 0 Å². The van der Waals surface area contributed by atoms with Gasteiger partial charge in [-0.15, -0.1) is 0 Å². The number of rotatable bonds is 0. The lowest BCUT2D eigenvalue weighted by Gasteiger charge is -2.20. The standard InChI is InChI=1S/C13H10O/c14-13-8-6-9-5-7-12(13)11-4-2-1-3-10(9)11/h1-9,12H/t9-,12-/m1/s1. The largest absolute Gasteiger partial charge is 0.294 e. The molecule has 1 aromatic carbocycles. The molecule has 0 aromatic heterocycles. The zero-order chi connectivity index (χ0) is 9.54. The van der Waals surface area contributed by atoms with E-state index in [1.165, 1.54) is 11.1 Å². The van der Waals surface area contributed by atoms with Crippen LogP contribution in [-0.2, 0) is 4.79 Å². The first-order valence-electron chi connectivity index (χ1n) is 4.85. The van der Waals surface area contributed by atoms with Crippen LogP contribution in [0.15, 0.2) is 48.6 Å². The molecule has 68 valence electrons. The van der Waals surface area contributed by atoms with Crippen molar-refractivity contribution in [2.24, 2.45) is 0 Å². The highest BCUT2D eigenvalue weighted by Crippen LogP contribution is 2.37. The van der Waals surface area contributed by atoms with Crippen molar-refractivity contribution in [3.05, 3.63) is 59.7 Å². The van der Waals surface area contributed by atoms with Gasteiger partial charge in [0.15, 0.2) is 5.78 Å². The highest BCUT2D eigenvalue weighted by molar-refractivity contribution is 5.98. The lowest BCUT2D eigenvalue weighted by Crippen LogP contribution is -2.11. The summed E-state index contributed by atoms with van der Waals surface area (Å²) in [5.41, 5.74) is 2.46. The van der Waals surface area contributed by atoms with E-state index in [1.807, 2.05) is 24.3 Å². The number of hydrogen-bond donors (Lipinski definition) is 0. The number of carbonyl (C=O) groups is 1. The molecular weight excluding hydrogens is 172 g/mol. The average molecular weight is 182 g/mol. The summed E-state index contributed by atoms with van der Waals surface area (Å²) < 4.78 is 0. The van der Waals surface area contributed by atoms with Gasteiger partial charge in [-0.05, 0) is 17.2 Å². The van der Waals surface area contributed by atoms with E-state index in [2.05, 4.69) is 18.2 Å². The molecule has 3 aliphatic rings. The van der Waals surface area contributed by atoms with Crippen LogP contribution in [0.3, 0.4) is 0 Å². The molecule has 0 radical (unpaired) electrons. The van der Waals surface area contributed by atoms with E-state index in [0.29, 0.717) is 5.92 Å². The van der Waals surface area contributed by atoms with Crippen molar-refractivity contribution in [2.75, 3.05) is 0 Å². The van der Waals surface area contributed by atoms with Gasteiger partial charge in [0.05, 0.1) is 5.92 Å². The van der Waals surface area contributed by atoms with Crippen LogP contribution in [0.4, 0.5) is 0 Å². The van der Waals surface area contributed by atoms with E-state index < -0.39 is 0 Å². The molecule has 0 spiro atoms. The monoisotopic (exact) mass is 182 g/mol. The van der Waals surface area contributed by atoms with Crippen molar-refractivity contribution in [1.29, 1.82) is 0 Å². The molecule has 1 nitrogen and oxygen atoms in total. The van der Waals surface area contributed by atoms with E-state index in [0.717, 1.165) is 0 Å². The topological polar surface area (TPSA) is 17.1 Å². The van der Waals surface area contributed by atoms with Gasteiger partial charge >= 0.3 is 0 Å². The molecule has 0 heterocycles. The molecule has 0 saturated heterocycles. The number of hydrogen-bond acceptors (Lipinski definition) is 1. The highest BCUT2D eigenvalue weighted by Gasteiger charge is 2.27. The Bertz CT molecular complexity index is 454. The maximum Gasteiger partial charge on any atom is 0.166 e. The fraction of sp³-hybridized carbons (Fsp3) is 0.154. The molecule has 0 amide bonds. The summed E-state index contributed by atoms with van der Waals surface area (Å²) in [6.45, 7) is 0. The minimum atomic E-state index is -0.0406. The van der Waals surface area contributed by atoms with Crippen LogP contribution in [0.2, 0.25) is 0 Å². The first kappa shape index (κ1) is 7.74. The zero-order valence-electron chi connectivity index (χ0n) is 7.68. The quantitative estimate of drug-likeness (QED) is 0.563. The Morgan fingerprint density at radius 3 is 2.57 bits per heavy atom. The van der Waals surface area contributed by atoms with Crippen molar-refractivity contribution < 1.29 is 4.79 Å². The van der Waals surface area contributed by atoms with Gasteiger partial charge in [0.25, 0.3) is 0 Å². The van der Waals surface area contributed by atoms with Gasteiger partial charge in [-0.2, -0.15) is 0 Å². The molecule has 1 heteroatoms. The second-order valence-electron chi connectivity index (χ2n) is 3.78. The van der Waals surface area contributed by atoms with E-state index in [4.69, 9.17) is 0 Å². The van der Waals surface area contributed by atoms with Crippen LogP contribution in [0.5, 0.6) is 0 Å². The third-order valence-electron chi connectivity index (χ3n) is 2.98. The Labute approximate surface area is 82.8 Å². The molecule has 0 N–H and O–H groups in total. The molecule has 0 fully saturated rings. The van der Waals surface area contributed by atoms with Gasteiger partial charge in [-0.25, -0.2) is 0 Å². The SMILES string of the molecule is O=C1C=C[C@H]2C=C[C@@H]1c1ccccc12. The number of fused-ring (bicyclic) bond motifs is 1. The third kappa shape index (κ3) is 0.925. The van der Waals surface area contributed by atoms with Crippen LogP contribution in [0, 0.1) is 0 Å². The predicted octanol–water partition coefficient (Wildman–Crippen LogP) is 2.56. The van der Waals surface area contributed by atoms with Crippen LogP contribution in [-0.4, -0.2) is 5.78 Å². The van der Waals surface area contributed by atoms with Crippen molar-refractivity contribution in [3.8, 4) is 0 Å². The molecule has 3 aliphatic carbocycles. The molecule has 4 rings (SSSR count). The lowest BCUT2D eigenvalue weighted by atomic mass is 9.83. The molecule has 1 aromatic rings. The van der Waals surface area contributed by atoms with Gasteiger partial charge in [0, 0.05) is 5.92 Å². The molecule has 0 aliphatic heterocycles. The summed E-state index contributed by atoms with van der Waals surface area (Å²) in [7, 11) is 0. The van der Waals surface area contributed by atoms with Gasteiger partial charge in [-0.1, -0.05) is 42.5 Å². The smallest absolute Gasteiger partial charge is 0.166 e. The highest BCUT2D eigenvalue weighted by atomic mass is 16.1. The second-order valence-corrected chi connectivity index (χ2v) is 3.78. The van der Waals surface area contributed by atoms with Crippen LogP contribution in [0.1, 0.15) is 23.0 Å². The molecule has 0 saturated carbocycles. The summed E-state index contributed by atoms with van der Waals surface area (Å²) in [6.07, 6.45) is 7.85. The van der Waals surface area contributed by atoms with Crippen molar-refractivity contribution >= 4 is 5.78 Å². The number of ketones is 1. The van der Waals surface area contributed by atoms with Gasteiger partial charge < -0.3 is 0 Å². The van der Waals surface area contributed by atoms with Crippen molar-refractivity contribution in [2.45, 2.75) is 11.8 Å². The van der Waals surface area contributed by atoms with E-state index in [1.54, 1.807) is 6.08 Å². The molecule has 2 bridgehead atoms. The molecule has 2 atom stereocenters. The summed E-state index contributed by atoms with van der Waals surface area (Å²) in [5.74, 6) is 0.462. The normalized spacial score (nSPS) is 27.6. The van der Waals surface area contributed by atoms with Crippen LogP contribution < -0.4 is 0 Å². The Kier molecular flexibility index (Phi) is 1.48. The molecule has 0 unspecified atom stereocenters. The van der Waals surface area contributed by atoms with E-state index in [-0.39, 0.29) is 11.7 Å². The number of carbonyl (C=O) groups excluding carboxylic acids is 1. The van der Waals surface area contributed by atoms with Gasteiger partial charge in [-0.3, -0.25) is 4.79 Å². The lowest BCUT2D eigenvalue weighted by molar-refractivity contribution is -0.115. The first-order valence-corrected chi connectivity index (χ1v) is 4.85. The Hall–Kier alpha value is -1.63. The van der Waals surface area contributed by atoms with Crippen molar-refractivity contribution in [1.82, 2.24) is 0 Å². The summed E-state index contributed by atoms with van der Waals surface area (Å²) in [4.78, 5) is 11.7. The van der Waals surface area contributed by atoms with E-state index >= 15 is 0 Å². The first-order chi connectivity index (χ1) is 6.86. The zero-order valence-corrected chi connectivity index (χ0v) is 7.68. The van der Waals surface area contributed by atoms with Crippen LogP contribution in [0.25, 0.3) is 0 Å². The fourth-order valence-corrected chi connectivity index (χ4v) is 2.25. The third-order valence-corrected chi connectivity index (χ3v) is 2.98. The minimum Gasteiger partial charge on any atom is -0.294 e. The predicted molar refractivity (Wildman–Crippen MR) is 55.2 cm³/mol.